The summed E-state index contributed by atoms with van der Waals surface area (Å²) in [4.78, 5) is 0. The van der Waals surface area contributed by atoms with E-state index >= 15 is 0 Å². The summed E-state index contributed by atoms with van der Waals surface area (Å²) in [7, 11) is 0. The van der Waals surface area contributed by atoms with Crippen molar-refractivity contribution in [3.8, 4) is 0 Å². The number of anilines is 1. The van der Waals surface area contributed by atoms with Gasteiger partial charge in [0.1, 0.15) is 5.82 Å². The van der Waals surface area contributed by atoms with Crippen molar-refractivity contribution in [2.45, 2.75) is 32.7 Å². The van der Waals surface area contributed by atoms with E-state index in [1.807, 2.05) is 0 Å². The molecule has 1 atom stereocenters. The number of nitrogens with zero attached hydrogens (tertiary/aromatic N) is 2. The molecule has 0 saturated heterocycles. The summed E-state index contributed by atoms with van der Waals surface area (Å²) in [5.41, 5.74) is 2.59. The number of rotatable bonds is 3. The van der Waals surface area contributed by atoms with Gasteiger partial charge in [-0.2, -0.15) is 5.10 Å². The summed E-state index contributed by atoms with van der Waals surface area (Å²) < 4.78 is 2.12. The molecule has 2 aromatic rings. The third-order valence-electron chi connectivity index (χ3n) is 3.64. The van der Waals surface area contributed by atoms with Crippen molar-refractivity contribution in [3.05, 3.63) is 47.7 Å². The summed E-state index contributed by atoms with van der Waals surface area (Å²) in [5, 5.41) is 8.23. The molecule has 100 valence electrons. The van der Waals surface area contributed by atoms with Gasteiger partial charge in [0.2, 0.25) is 0 Å². The van der Waals surface area contributed by atoms with Gasteiger partial charge in [-0.1, -0.05) is 44.2 Å². The zero-order valence-electron chi connectivity index (χ0n) is 11.6. The Morgan fingerprint density at radius 1 is 1.32 bits per heavy atom. The molecule has 0 aliphatic carbocycles. The van der Waals surface area contributed by atoms with Crippen LogP contribution in [-0.4, -0.2) is 16.3 Å². The Morgan fingerprint density at radius 3 is 2.84 bits per heavy atom. The van der Waals surface area contributed by atoms with E-state index in [0.29, 0.717) is 11.8 Å². The molecule has 0 fully saturated rings. The van der Waals surface area contributed by atoms with Gasteiger partial charge >= 0.3 is 0 Å². The number of nitrogens with one attached hydrogen (secondary N) is 1. The first-order valence-electron chi connectivity index (χ1n) is 7.08. The van der Waals surface area contributed by atoms with E-state index in [0.717, 1.165) is 19.5 Å². The highest BCUT2D eigenvalue weighted by atomic mass is 15.3. The zero-order chi connectivity index (χ0) is 13.2. The third-order valence-corrected chi connectivity index (χ3v) is 3.64. The van der Waals surface area contributed by atoms with Crippen molar-refractivity contribution in [1.29, 1.82) is 0 Å². The quantitative estimate of drug-likeness (QED) is 0.912. The lowest BCUT2D eigenvalue weighted by molar-refractivity contribution is 0.497. The molecule has 1 aliphatic heterocycles. The zero-order valence-corrected chi connectivity index (χ0v) is 11.6. The van der Waals surface area contributed by atoms with Crippen molar-refractivity contribution in [3.63, 3.8) is 0 Å². The minimum absolute atomic E-state index is 0.514. The van der Waals surface area contributed by atoms with Gasteiger partial charge in [-0.05, 0) is 17.9 Å². The van der Waals surface area contributed by atoms with Crippen LogP contribution in [0.15, 0.2) is 36.4 Å². The summed E-state index contributed by atoms with van der Waals surface area (Å²) in [6.07, 6.45) is 1.05. The highest BCUT2D eigenvalue weighted by Gasteiger charge is 2.21. The smallest absolute Gasteiger partial charge is 0.124 e. The van der Waals surface area contributed by atoms with Crippen LogP contribution in [0.4, 0.5) is 5.82 Å². The van der Waals surface area contributed by atoms with Gasteiger partial charge in [-0.15, -0.1) is 0 Å². The first-order chi connectivity index (χ1) is 9.22. The predicted octanol–water partition coefficient (Wildman–Crippen LogP) is 3.29. The molecule has 1 aromatic heterocycles. The van der Waals surface area contributed by atoms with Crippen LogP contribution in [0.2, 0.25) is 0 Å². The van der Waals surface area contributed by atoms with Gasteiger partial charge in [-0.25, -0.2) is 4.68 Å². The summed E-state index contributed by atoms with van der Waals surface area (Å²) in [5.74, 6) is 2.34. The van der Waals surface area contributed by atoms with Crippen LogP contribution >= 0.6 is 0 Å². The first-order valence-corrected chi connectivity index (χ1v) is 7.08. The molecule has 0 bridgehead atoms. The van der Waals surface area contributed by atoms with E-state index in [-0.39, 0.29) is 0 Å². The molecule has 1 aliphatic rings. The van der Waals surface area contributed by atoms with Crippen molar-refractivity contribution in [1.82, 2.24) is 9.78 Å². The standard InChI is InChI=1S/C16H21N3/c1-12(2)8-15-9-16-17-10-14(11-19(16)18-15)13-6-4-3-5-7-13/h3-7,9,12,14,17H,8,10-11H2,1-2H3. The molecule has 0 spiro atoms. The van der Waals surface area contributed by atoms with Gasteiger partial charge in [0.15, 0.2) is 0 Å². The van der Waals surface area contributed by atoms with E-state index in [1.165, 1.54) is 17.1 Å². The Bertz CT molecular complexity index is 542. The fraction of sp³-hybridized carbons (Fsp3) is 0.438. The Balaban J connectivity index is 1.78. The number of hydrogen-bond donors (Lipinski definition) is 1. The van der Waals surface area contributed by atoms with Crippen molar-refractivity contribution in [2.24, 2.45) is 5.92 Å². The lowest BCUT2D eigenvalue weighted by atomic mass is 9.98. The fourth-order valence-corrected chi connectivity index (χ4v) is 2.72. The molecule has 19 heavy (non-hydrogen) atoms. The third kappa shape index (κ3) is 2.65. The Morgan fingerprint density at radius 2 is 2.11 bits per heavy atom. The Kier molecular flexibility index (Phi) is 3.28. The molecule has 0 saturated carbocycles. The average Bonchev–Trinajstić information content (AvgIpc) is 2.79. The van der Waals surface area contributed by atoms with Crippen LogP contribution in [-0.2, 0) is 13.0 Å². The Labute approximate surface area is 114 Å². The minimum atomic E-state index is 0.514. The summed E-state index contributed by atoms with van der Waals surface area (Å²) >= 11 is 0. The van der Waals surface area contributed by atoms with Crippen molar-refractivity contribution < 1.29 is 0 Å². The summed E-state index contributed by atoms with van der Waals surface area (Å²) in [6.45, 7) is 6.44. The van der Waals surface area contributed by atoms with Crippen LogP contribution in [0.3, 0.4) is 0 Å². The molecule has 0 radical (unpaired) electrons. The number of hydrogen-bond acceptors (Lipinski definition) is 2. The second kappa shape index (κ2) is 5.08. The van der Waals surface area contributed by atoms with Gasteiger partial charge in [0.05, 0.1) is 12.2 Å². The topological polar surface area (TPSA) is 29.9 Å². The molecular weight excluding hydrogens is 234 g/mol. The lowest BCUT2D eigenvalue weighted by Crippen LogP contribution is -2.26. The molecule has 3 rings (SSSR count). The van der Waals surface area contributed by atoms with Gasteiger partial charge < -0.3 is 5.32 Å². The molecule has 1 aromatic carbocycles. The van der Waals surface area contributed by atoms with Crippen LogP contribution in [0.5, 0.6) is 0 Å². The molecule has 3 nitrogen and oxygen atoms in total. The van der Waals surface area contributed by atoms with E-state index in [2.05, 4.69) is 60.2 Å². The fourth-order valence-electron chi connectivity index (χ4n) is 2.72. The molecule has 1 unspecified atom stereocenters. The first kappa shape index (κ1) is 12.3. The maximum Gasteiger partial charge on any atom is 0.124 e. The van der Waals surface area contributed by atoms with E-state index in [4.69, 9.17) is 5.10 Å². The number of benzene rings is 1. The SMILES string of the molecule is CC(C)Cc1cc2n(n1)CC(c1ccccc1)CN2. The summed E-state index contributed by atoms with van der Waals surface area (Å²) in [6, 6.07) is 12.9. The molecule has 2 heterocycles. The maximum absolute atomic E-state index is 4.72. The van der Waals surface area contributed by atoms with Crippen molar-refractivity contribution >= 4 is 5.82 Å². The predicted molar refractivity (Wildman–Crippen MR) is 78.4 cm³/mol. The van der Waals surface area contributed by atoms with Crippen LogP contribution in [0.1, 0.15) is 31.0 Å². The second-order valence-corrected chi connectivity index (χ2v) is 5.79. The van der Waals surface area contributed by atoms with Crippen LogP contribution in [0, 0.1) is 5.92 Å². The number of fused-ring (bicyclic) bond motifs is 1. The molecule has 0 amide bonds. The van der Waals surface area contributed by atoms with Gasteiger partial charge in [0.25, 0.3) is 0 Å². The molecule has 1 N–H and O–H groups in total. The molecule has 3 heteroatoms. The average molecular weight is 255 g/mol. The van der Waals surface area contributed by atoms with Gasteiger partial charge in [-0.3, -0.25) is 0 Å². The second-order valence-electron chi connectivity index (χ2n) is 5.79. The van der Waals surface area contributed by atoms with E-state index in [1.54, 1.807) is 0 Å². The van der Waals surface area contributed by atoms with E-state index in [9.17, 15) is 0 Å². The largest absolute Gasteiger partial charge is 0.370 e. The van der Waals surface area contributed by atoms with Crippen molar-refractivity contribution in [2.75, 3.05) is 11.9 Å². The molecular formula is C16H21N3. The van der Waals surface area contributed by atoms with Crippen LogP contribution in [0.25, 0.3) is 0 Å². The van der Waals surface area contributed by atoms with E-state index < -0.39 is 0 Å². The monoisotopic (exact) mass is 255 g/mol. The van der Waals surface area contributed by atoms with Gasteiger partial charge in [0, 0.05) is 18.5 Å². The highest BCUT2D eigenvalue weighted by Crippen LogP contribution is 2.26. The normalized spacial score (nSPS) is 18.2. The lowest BCUT2D eigenvalue weighted by Gasteiger charge is -2.25. The minimum Gasteiger partial charge on any atom is -0.370 e. The van der Waals surface area contributed by atoms with Crippen LogP contribution < -0.4 is 5.32 Å². The number of aromatic nitrogens is 2. The highest BCUT2D eigenvalue weighted by molar-refractivity contribution is 5.40. The maximum atomic E-state index is 4.72. The Hall–Kier alpha value is -1.77.